The van der Waals surface area contributed by atoms with E-state index in [4.69, 9.17) is 0 Å². The van der Waals surface area contributed by atoms with E-state index in [1.165, 1.54) is 19.4 Å². The number of hydrogen-bond donors (Lipinski definition) is 1. The van der Waals surface area contributed by atoms with E-state index in [9.17, 15) is 4.79 Å². The molecule has 112 valence electrons. The number of carbonyl (C=O) groups is 1. The quantitative estimate of drug-likeness (QED) is 0.923. The van der Waals surface area contributed by atoms with Crippen LogP contribution in [0.15, 0.2) is 24.5 Å². The monoisotopic (exact) mass is 285 g/mol. The molecular formula is C17H23N3O. The number of piperidine rings is 1. The second kappa shape index (κ2) is 5.09. The van der Waals surface area contributed by atoms with Gasteiger partial charge in [-0.1, -0.05) is 0 Å². The van der Waals surface area contributed by atoms with Crippen LogP contribution in [-0.4, -0.2) is 41.0 Å². The fourth-order valence-electron chi connectivity index (χ4n) is 3.91. The first-order valence-electron chi connectivity index (χ1n) is 8.18. The summed E-state index contributed by atoms with van der Waals surface area (Å²) in [6, 6.07) is 3.96. The van der Waals surface area contributed by atoms with E-state index in [1.807, 2.05) is 12.1 Å². The Balaban J connectivity index is 1.42. The SMILES string of the molecule is O=C1NC2(CCN(CC3CC3)CC2)CC1c1ccncc1. The zero-order valence-corrected chi connectivity index (χ0v) is 12.4. The zero-order chi connectivity index (χ0) is 14.3. The maximum Gasteiger partial charge on any atom is 0.228 e. The first kappa shape index (κ1) is 13.3. The molecular weight excluding hydrogens is 262 g/mol. The second-order valence-corrected chi connectivity index (χ2v) is 7.05. The van der Waals surface area contributed by atoms with E-state index in [0.29, 0.717) is 0 Å². The smallest absolute Gasteiger partial charge is 0.228 e. The Kier molecular flexibility index (Phi) is 3.21. The van der Waals surface area contributed by atoms with Gasteiger partial charge in [0.1, 0.15) is 0 Å². The lowest BCUT2D eigenvalue weighted by Gasteiger charge is -2.39. The van der Waals surface area contributed by atoms with Crippen LogP contribution in [0, 0.1) is 5.92 Å². The number of rotatable bonds is 3. The highest BCUT2D eigenvalue weighted by Crippen LogP contribution is 2.40. The lowest BCUT2D eigenvalue weighted by Crippen LogP contribution is -2.51. The lowest BCUT2D eigenvalue weighted by molar-refractivity contribution is -0.121. The van der Waals surface area contributed by atoms with Crippen molar-refractivity contribution in [2.45, 2.75) is 43.6 Å². The standard InChI is InChI=1S/C17H23N3O/c21-16-15(14-3-7-18-8-4-14)11-17(19-16)5-9-20(10-6-17)12-13-1-2-13/h3-4,7-8,13,15H,1-2,5-6,9-12H2,(H,19,21). The summed E-state index contributed by atoms with van der Waals surface area (Å²) in [4.78, 5) is 19.0. The third kappa shape index (κ3) is 2.69. The van der Waals surface area contributed by atoms with E-state index in [-0.39, 0.29) is 17.4 Å². The number of likely N-dealkylation sites (tertiary alicyclic amines) is 1. The first-order chi connectivity index (χ1) is 10.2. The van der Waals surface area contributed by atoms with Crippen LogP contribution in [0.3, 0.4) is 0 Å². The summed E-state index contributed by atoms with van der Waals surface area (Å²) in [7, 11) is 0. The summed E-state index contributed by atoms with van der Waals surface area (Å²) < 4.78 is 0. The zero-order valence-electron chi connectivity index (χ0n) is 12.4. The molecule has 4 nitrogen and oxygen atoms in total. The second-order valence-electron chi connectivity index (χ2n) is 7.05. The van der Waals surface area contributed by atoms with Crippen LogP contribution >= 0.6 is 0 Å². The molecule has 4 heteroatoms. The maximum absolute atomic E-state index is 12.4. The molecule has 3 fully saturated rings. The van der Waals surface area contributed by atoms with Gasteiger partial charge in [0, 0.05) is 37.6 Å². The van der Waals surface area contributed by atoms with Crippen LogP contribution < -0.4 is 5.32 Å². The molecule has 3 aliphatic rings. The molecule has 3 heterocycles. The number of carbonyl (C=O) groups excluding carboxylic acids is 1. The van der Waals surface area contributed by atoms with Crippen molar-refractivity contribution in [3.8, 4) is 0 Å². The van der Waals surface area contributed by atoms with Gasteiger partial charge in [-0.05, 0) is 55.7 Å². The van der Waals surface area contributed by atoms with Crippen molar-refractivity contribution in [3.05, 3.63) is 30.1 Å². The fourth-order valence-corrected chi connectivity index (χ4v) is 3.91. The van der Waals surface area contributed by atoms with Crippen molar-refractivity contribution < 1.29 is 4.79 Å². The molecule has 0 radical (unpaired) electrons. The van der Waals surface area contributed by atoms with Crippen LogP contribution in [0.4, 0.5) is 0 Å². The largest absolute Gasteiger partial charge is 0.350 e. The predicted molar refractivity (Wildman–Crippen MR) is 80.9 cm³/mol. The molecule has 1 aromatic heterocycles. The van der Waals surface area contributed by atoms with E-state index < -0.39 is 0 Å². The van der Waals surface area contributed by atoms with Gasteiger partial charge in [0.2, 0.25) is 5.91 Å². The van der Waals surface area contributed by atoms with Crippen LogP contribution in [0.1, 0.15) is 43.6 Å². The molecule has 1 N–H and O–H groups in total. The Bertz CT molecular complexity index is 518. The third-order valence-corrected chi connectivity index (χ3v) is 5.43. The molecule has 1 atom stereocenters. The molecule has 0 bridgehead atoms. The van der Waals surface area contributed by atoms with Gasteiger partial charge in [0.25, 0.3) is 0 Å². The normalized spacial score (nSPS) is 28.8. The molecule has 4 rings (SSSR count). The topological polar surface area (TPSA) is 45.2 Å². The summed E-state index contributed by atoms with van der Waals surface area (Å²) in [5.41, 5.74) is 1.16. The number of amides is 1. The highest BCUT2D eigenvalue weighted by atomic mass is 16.2. The Labute approximate surface area is 125 Å². The Morgan fingerprint density at radius 3 is 2.62 bits per heavy atom. The van der Waals surface area contributed by atoms with Crippen molar-refractivity contribution in [2.24, 2.45) is 5.92 Å². The van der Waals surface area contributed by atoms with Crippen molar-refractivity contribution in [2.75, 3.05) is 19.6 Å². The molecule has 1 saturated carbocycles. The number of hydrogen-bond acceptors (Lipinski definition) is 3. The van der Waals surface area contributed by atoms with E-state index in [0.717, 1.165) is 43.8 Å². The van der Waals surface area contributed by atoms with Gasteiger partial charge < -0.3 is 10.2 Å². The fraction of sp³-hybridized carbons (Fsp3) is 0.647. The summed E-state index contributed by atoms with van der Waals surface area (Å²) >= 11 is 0. The summed E-state index contributed by atoms with van der Waals surface area (Å²) in [5, 5.41) is 3.32. The van der Waals surface area contributed by atoms with Gasteiger partial charge in [-0.2, -0.15) is 0 Å². The Morgan fingerprint density at radius 1 is 1.24 bits per heavy atom. The van der Waals surface area contributed by atoms with Gasteiger partial charge >= 0.3 is 0 Å². The molecule has 1 spiro atoms. The molecule has 1 unspecified atom stereocenters. The van der Waals surface area contributed by atoms with Crippen LogP contribution in [0.5, 0.6) is 0 Å². The third-order valence-electron chi connectivity index (χ3n) is 5.43. The van der Waals surface area contributed by atoms with Gasteiger partial charge in [0.15, 0.2) is 0 Å². The molecule has 0 aromatic carbocycles. The number of nitrogens with one attached hydrogen (secondary N) is 1. The van der Waals surface area contributed by atoms with Crippen molar-refractivity contribution in [1.29, 1.82) is 0 Å². The van der Waals surface area contributed by atoms with E-state index in [1.54, 1.807) is 12.4 Å². The lowest BCUT2D eigenvalue weighted by atomic mass is 9.82. The number of aromatic nitrogens is 1. The number of nitrogens with zero attached hydrogens (tertiary/aromatic N) is 2. The maximum atomic E-state index is 12.4. The van der Waals surface area contributed by atoms with Crippen molar-refractivity contribution >= 4 is 5.91 Å². The predicted octanol–water partition coefficient (Wildman–Crippen LogP) is 1.93. The average Bonchev–Trinajstić information content (AvgIpc) is 3.26. The molecule has 2 aliphatic heterocycles. The molecule has 2 saturated heterocycles. The minimum atomic E-state index is 0.0167. The van der Waals surface area contributed by atoms with E-state index >= 15 is 0 Å². The summed E-state index contributed by atoms with van der Waals surface area (Å²) in [6.45, 7) is 3.55. The van der Waals surface area contributed by atoms with Crippen molar-refractivity contribution in [3.63, 3.8) is 0 Å². The Hall–Kier alpha value is -1.42. The van der Waals surface area contributed by atoms with Crippen LogP contribution in [0.2, 0.25) is 0 Å². The Morgan fingerprint density at radius 2 is 1.95 bits per heavy atom. The molecule has 21 heavy (non-hydrogen) atoms. The number of pyridine rings is 1. The minimum absolute atomic E-state index is 0.0167. The summed E-state index contributed by atoms with van der Waals surface area (Å²) in [6.07, 6.45) is 9.57. The van der Waals surface area contributed by atoms with Crippen LogP contribution in [-0.2, 0) is 4.79 Å². The minimum Gasteiger partial charge on any atom is -0.350 e. The highest BCUT2D eigenvalue weighted by molar-refractivity contribution is 5.87. The molecule has 1 aliphatic carbocycles. The highest BCUT2D eigenvalue weighted by Gasteiger charge is 2.46. The van der Waals surface area contributed by atoms with Gasteiger partial charge in [-0.15, -0.1) is 0 Å². The average molecular weight is 285 g/mol. The van der Waals surface area contributed by atoms with Gasteiger partial charge in [0.05, 0.1) is 5.92 Å². The molecule has 1 amide bonds. The summed E-state index contributed by atoms with van der Waals surface area (Å²) in [5.74, 6) is 1.18. The van der Waals surface area contributed by atoms with Gasteiger partial charge in [-0.3, -0.25) is 9.78 Å². The first-order valence-corrected chi connectivity index (χ1v) is 8.18. The van der Waals surface area contributed by atoms with E-state index in [2.05, 4.69) is 15.2 Å². The van der Waals surface area contributed by atoms with Gasteiger partial charge in [-0.25, -0.2) is 0 Å². The van der Waals surface area contributed by atoms with Crippen molar-refractivity contribution in [1.82, 2.24) is 15.2 Å². The van der Waals surface area contributed by atoms with Crippen LogP contribution in [0.25, 0.3) is 0 Å². The molecule has 1 aromatic rings.